The molecule has 1 atom stereocenters. The van der Waals surface area contributed by atoms with Gasteiger partial charge in [0.15, 0.2) is 16.4 Å². The zero-order valence-electron chi connectivity index (χ0n) is 13.0. The van der Waals surface area contributed by atoms with Gasteiger partial charge >= 0.3 is 5.97 Å². The van der Waals surface area contributed by atoms with Gasteiger partial charge in [-0.05, 0) is 31.0 Å². The SMILES string of the molecule is CC[C@@H](C)NC(=O)COC(=O)c1ccc(CS(C)(=O)=O)cc1. The molecule has 1 amide bonds. The van der Waals surface area contributed by atoms with Gasteiger partial charge in [0.05, 0.1) is 11.3 Å². The molecule has 0 aliphatic heterocycles. The van der Waals surface area contributed by atoms with Crippen molar-refractivity contribution in [2.75, 3.05) is 12.9 Å². The Morgan fingerprint density at radius 1 is 1.23 bits per heavy atom. The number of esters is 1. The molecule has 1 N–H and O–H groups in total. The first-order chi connectivity index (χ1) is 10.2. The summed E-state index contributed by atoms with van der Waals surface area (Å²) in [4.78, 5) is 23.3. The fourth-order valence-corrected chi connectivity index (χ4v) is 2.47. The molecule has 0 radical (unpaired) electrons. The van der Waals surface area contributed by atoms with Crippen LogP contribution in [0.5, 0.6) is 0 Å². The van der Waals surface area contributed by atoms with Crippen LogP contribution in [0, 0.1) is 0 Å². The van der Waals surface area contributed by atoms with E-state index < -0.39 is 15.8 Å². The van der Waals surface area contributed by atoms with E-state index >= 15 is 0 Å². The lowest BCUT2D eigenvalue weighted by molar-refractivity contribution is -0.124. The van der Waals surface area contributed by atoms with Crippen molar-refractivity contribution < 1.29 is 22.7 Å². The number of sulfone groups is 1. The number of carbonyl (C=O) groups is 2. The molecule has 0 saturated heterocycles. The van der Waals surface area contributed by atoms with Crippen molar-refractivity contribution in [1.82, 2.24) is 5.32 Å². The molecule has 0 fully saturated rings. The van der Waals surface area contributed by atoms with Crippen LogP contribution < -0.4 is 5.32 Å². The van der Waals surface area contributed by atoms with Crippen LogP contribution in [0.4, 0.5) is 0 Å². The highest BCUT2D eigenvalue weighted by Gasteiger charge is 2.12. The molecular weight excluding hydrogens is 306 g/mol. The van der Waals surface area contributed by atoms with Gasteiger partial charge in [0, 0.05) is 12.3 Å². The summed E-state index contributed by atoms with van der Waals surface area (Å²) in [6.45, 7) is 3.46. The fourth-order valence-electron chi connectivity index (χ4n) is 1.67. The summed E-state index contributed by atoms with van der Waals surface area (Å²) in [6.07, 6.45) is 1.94. The number of ether oxygens (including phenoxy) is 1. The number of hydrogen-bond acceptors (Lipinski definition) is 5. The molecule has 6 nitrogen and oxygen atoms in total. The van der Waals surface area contributed by atoms with Gasteiger partial charge in [-0.1, -0.05) is 19.1 Å². The Kier molecular flexibility index (Phi) is 6.55. The Bertz CT molecular complexity index is 622. The molecule has 122 valence electrons. The first-order valence-electron chi connectivity index (χ1n) is 6.94. The first-order valence-corrected chi connectivity index (χ1v) is 9.00. The van der Waals surface area contributed by atoms with Gasteiger partial charge in [-0.15, -0.1) is 0 Å². The number of amides is 1. The maximum absolute atomic E-state index is 11.8. The number of benzene rings is 1. The minimum absolute atomic E-state index is 0.0291. The van der Waals surface area contributed by atoms with Crippen molar-refractivity contribution in [3.63, 3.8) is 0 Å². The Balaban J connectivity index is 2.54. The first kappa shape index (κ1) is 18.2. The van der Waals surface area contributed by atoms with E-state index in [9.17, 15) is 18.0 Å². The Morgan fingerprint density at radius 2 is 1.82 bits per heavy atom. The lowest BCUT2D eigenvalue weighted by Gasteiger charge is -2.11. The van der Waals surface area contributed by atoms with Crippen molar-refractivity contribution in [3.8, 4) is 0 Å². The van der Waals surface area contributed by atoms with Crippen LogP contribution >= 0.6 is 0 Å². The summed E-state index contributed by atoms with van der Waals surface area (Å²) in [5.74, 6) is -1.05. The molecule has 0 heterocycles. The third kappa shape index (κ3) is 6.71. The predicted molar refractivity (Wildman–Crippen MR) is 83.2 cm³/mol. The van der Waals surface area contributed by atoms with Crippen LogP contribution in [0.1, 0.15) is 36.2 Å². The summed E-state index contributed by atoms with van der Waals surface area (Å²) in [7, 11) is -3.11. The van der Waals surface area contributed by atoms with Gasteiger partial charge in [-0.3, -0.25) is 4.79 Å². The second-order valence-electron chi connectivity index (χ2n) is 5.22. The van der Waals surface area contributed by atoms with Crippen LogP contribution in [0.25, 0.3) is 0 Å². The van der Waals surface area contributed by atoms with Crippen molar-refractivity contribution in [1.29, 1.82) is 0 Å². The van der Waals surface area contributed by atoms with Crippen molar-refractivity contribution in [3.05, 3.63) is 35.4 Å². The highest BCUT2D eigenvalue weighted by Crippen LogP contribution is 2.09. The van der Waals surface area contributed by atoms with Crippen LogP contribution in [-0.2, 0) is 25.1 Å². The summed E-state index contributed by atoms with van der Waals surface area (Å²) in [5.41, 5.74) is 0.863. The summed E-state index contributed by atoms with van der Waals surface area (Å²) in [5, 5.41) is 2.69. The number of nitrogens with one attached hydrogen (secondary N) is 1. The van der Waals surface area contributed by atoms with Gasteiger partial charge in [0.25, 0.3) is 5.91 Å². The summed E-state index contributed by atoms with van der Waals surface area (Å²) < 4.78 is 27.3. The van der Waals surface area contributed by atoms with E-state index in [1.807, 2.05) is 13.8 Å². The average Bonchev–Trinajstić information content (AvgIpc) is 2.43. The van der Waals surface area contributed by atoms with E-state index in [1.54, 1.807) is 12.1 Å². The smallest absolute Gasteiger partial charge is 0.338 e. The van der Waals surface area contributed by atoms with Crippen molar-refractivity contribution >= 4 is 21.7 Å². The van der Waals surface area contributed by atoms with E-state index in [-0.39, 0.29) is 29.9 Å². The summed E-state index contributed by atoms with van der Waals surface area (Å²) in [6, 6.07) is 6.10. The molecule has 0 aliphatic rings. The molecule has 0 aromatic heterocycles. The lowest BCUT2D eigenvalue weighted by Crippen LogP contribution is -2.35. The van der Waals surface area contributed by atoms with Gasteiger partial charge < -0.3 is 10.1 Å². The molecule has 0 spiro atoms. The minimum atomic E-state index is -3.11. The fraction of sp³-hybridized carbons (Fsp3) is 0.467. The molecule has 0 unspecified atom stereocenters. The van der Waals surface area contributed by atoms with Gasteiger partial charge in [-0.25, -0.2) is 13.2 Å². The highest BCUT2D eigenvalue weighted by atomic mass is 32.2. The third-order valence-corrected chi connectivity index (χ3v) is 3.83. The molecule has 0 saturated carbocycles. The van der Waals surface area contributed by atoms with Crippen LogP contribution in [-0.4, -0.2) is 39.2 Å². The molecule has 7 heteroatoms. The largest absolute Gasteiger partial charge is 0.452 e. The maximum Gasteiger partial charge on any atom is 0.338 e. The standard InChI is InChI=1S/C15H21NO5S/c1-4-11(2)16-14(17)9-21-15(18)13-7-5-12(6-8-13)10-22(3,19)20/h5-8,11H,4,9-10H2,1-3H3,(H,16,17)/t11-/m1/s1. The van der Waals surface area contributed by atoms with Gasteiger partial charge in [-0.2, -0.15) is 0 Å². The van der Waals surface area contributed by atoms with Gasteiger partial charge in [0.1, 0.15) is 0 Å². The molecule has 0 aliphatic carbocycles. The second-order valence-corrected chi connectivity index (χ2v) is 7.36. The molecule has 22 heavy (non-hydrogen) atoms. The van der Waals surface area contributed by atoms with E-state index in [0.717, 1.165) is 12.7 Å². The highest BCUT2D eigenvalue weighted by molar-refractivity contribution is 7.89. The molecule has 1 aromatic carbocycles. The zero-order valence-corrected chi connectivity index (χ0v) is 13.8. The quantitative estimate of drug-likeness (QED) is 0.763. The minimum Gasteiger partial charge on any atom is -0.452 e. The van der Waals surface area contributed by atoms with Gasteiger partial charge in [0.2, 0.25) is 0 Å². The Morgan fingerprint density at radius 3 is 2.32 bits per heavy atom. The molecule has 0 bridgehead atoms. The van der Waals surface area contributed by atoms with E-state index in [0.29, 0.717) is 5.56 Å². The van der Waals surface area contributed by atoms with Crippen LogP contribution in [0.2, 0.25) is 0 Å². The normalized spacial score (nSPS) is 12.5. The second kappa shape index (κ2) is 7.93. The van der Waals surface area contributed by atoms with Crippen LogP contribution in [0.15, 0.2) is 24.3 Å². The Hall–Kier alpha value is -1.89. The topological polar surface area (TPSA) is 89.5 Å². The van der Waals surface area contributed by atoms with Crippen molar-refractivity contribution in [2.24, 2.45) is 0 Å². The average molecular weight is 327 g/mol. The number of hydrogen-bond donors (Lipinski definition) is 1. The van der Waals surface area contributed by atoms with Crippen molar-refractivity contribution in [2.45, 2.75) is 32.1 Å². The van der Waals surface area contributed by atoms with Crippen LogP contribution in [0.3, 0.4) is 0 Å². The lowest BCUT2D eigenvalue weighted by atomic mass is 10.1. The monoisotopic (exact) mass is 327 g/mol. The number of rotatable bonds is 7. The van der Waals surface area contributed by atoms with E-state index in [4.69, 9.17) is 4.74 Å². The van der Waals surface area contributed by atoms with E-state index in [1.165, 1.54) is 12.1 Å². The maximum atomic E-state index is 11.8. The zero-order chi connectivity index (χ0) is 16.8. The third-order valence-electron chi connectivity index (χ3n) is 2.97. The molecule has 1 rings (SSSR count). The Labute approximate surface area is 130 Å². The molecular formula is C15H21NO5S. The summed E-state index contributed by atoms with van der Waals surface area (Å²) >= 11 is 0. The molecule has 1 aromatic rings. The predicted octanol–water partition coefficient (Wildman–Crippen LogP) is 1.30. The number of carbonyl (C=O) groups excluding carboxylic acids is 2. The van der Waals surface area contributed by atoms with E-state index in [2.05, 4.69) is 5.32 Å².